The smallest absolute Gasteiger partial charge is 0.154 e. The lowest BCUT2D eigenvalue weighted by atomic mass is 9.90. The van der Waals surface area contributed by atoms with Crippen LogP contribution in [0.25, 0.3) is 11.0 Å². The fourth-order valence-corrected chi connectivity index (χ4v) is 3.95. The van der Waals surface area contributed by atoms with Crippen LogP contribution in [-0.4, -0.2) is 57.8 Å². The van der Waals surface area contributed by atoms with Gasteiger partial charge in [0.2, 0.25) is 0 Å². The van der Waals surface area contributed by atoms with Crippen molar-refractivity contribution < 1.29 is 4.74 Å². The molecule has 2 aromatic heterocycles. The Labute approximate surface area is 136 Å². The van der Waals surface area contributed by atoms with E-state index in [4.69, 9.17) is 4.74 Å². The van der Waals surface area contributed by atoms with Crippen LogP contribution in [0.15, 0.2) is 18.6 Å². The Morgan fingerprint density at radius 3 is 2.70 bits per heavy atom. The highest BCUT2D eigenvalue weighted by atomic mass is 16.5. The van der Waals surface area contributed by atoms with Gasteiger partial charge in [0.15, 0.2) is 5.82 Å². The molecular weight excluding hydrogens is 290 g/mol. The lowest BCUT2D eigenvalue weighted by Gasteiger charge is -2.39. The van der Waals surface area contributed by atoms with Crippen molar-refractivity contribution in [2.45, 2.75) is 37.8 Å². The number of rotatable bonds is 3. The minimum absolute atomic E-state index is 0.514. The van der Waals surface area contributed by atoms with E-state index >= 15 is 0 Å². The molecule has 4 rings (SSSR count). The number of hydrogen-bond donors (Lipinski definition) is 1. The molecule has 0 atom stereocenters. The standard InChI is InChI=1S/C17H25N5O/c1-21-7-6-15-16(21)17(19-12-18-15)20-13-2-4-14(5-3-13)22-8-10-23-11-9-22/h6-7,12-14H,2-5,8-11H2,1H3,(H,18,19,20). The molecule has 1 aliphatic carbocycles. The van der Waals surface area contributed by atoms with Crippen LogP contribution in [0, 0.1) is 0 Å². The van der Waals surface area contributed by atoms with Crippen LogP contribution in [0.2, 0.25) is 0 Å². The first-order valence-electron chi connectivity index (χ1n) is 8.65. The minimum atomic E-state index is 0.514. The molecule has 0 bridgehead atoms. The number of fused-ring (bicyclic) bond motifs is 1. The second kappa shape index (κ2) is 6.45. The normalized spacial score (nSPS) is 26.5. The molecule has 1 saturated heterocycles. The van der Waals surface area contributed by atoms with Crippen LogP contribution in [0.4, 0.5) is 5.82 Å². The highest BCUT2D eigenvalue weighted by Crippen LogP contribution is 2.27. The third kappa shape index (κ3) is 3.05. The van der Waals surface area contributed by atoms with E-state index in [0.29, 0.717) is 6.04 Å². The maximum atomic E-state index is 5.46. The van der Waals surface area contributed by atoms with Crippen LogP contribution in [0.1, 0.15) is 25.7 Å². The average Bonchev–Trinajstić information content (AvgIpc) is 2.99. The van der Waals surface area contributed by atoms with Gasteiger partial charge in [-0.05, 0) is 31.7 Å². The third-order valence-corrected chi connectivity index (χ3v) is 5.26. The molecule has 2 aliphatic rings. The van der Waals surface area contributed by atoms with E-state index in [2.05, 4.69) is 24.8 Å². The van der Waals surface area contributed by atoms with Crippen molar-refractivity contribution in [1.82, 2.24) is 19.4 Å². The molecule has 23 heavy (non-hydrogen) atoms. The van der Waals surface area contributed by atoms with Crippen LogP contribution < -0.4 is 5.32 Å². The summed E-state index contributed by atoms with van der Waals surface area (Å²) in [5.74, 6) is 0.970. The first-order valence-corrected chi connectivity index (χ1v) is 8.65. The number of aryl methyl sites for hydroxylation is 1. The molecule has 6 nitrogen and oxygen atoms in total. The summed E-state index contributed by atoms with van der Waals surface area (Å²) in [5.41, 5.74) is 2.11. The third-order valence-electron chi connectivity index (χ3n) is 5.26. The van der Waals surface area contributed by atoms with Gasteiger partial charge in [0, 0.05) is 38.4 Å². The Morgan fingerprint density at radius 2 is 1.91 bits per heavy atom. The van der Waals surface area contributed by atoms with Gasteiger partial charge in [0.25, 0.3) is 0 Å². The van der Waals surface area contributed by atoms with Crippen LogP contribution in [0.3, 0.4) is 0 Å². The number of morpholine rings is 1. The number of nitrogens with one attached hydrogen (secondary N) is 1. The molecule has 2 fully saturated rings. The molecular formula is C17H25N5O. The molecule has 1 aliphatic heterocycles. The van der Waals surface area contributed by atoms with E-state index in [-0.39, 0.29) is 0 Å². The Balaban J connectivity index is 1.40. The fraction of sp³-hybridized carbons (Fsp3) is 0.647. The maximum absolute atomic E-state index is 5.46. The first kappa shape index (κ1) is 14.9. The largest absolute Gasteiger partial charge is 0.379 e. The van der Waals surface area contributed by atoms with Crippen molar-refractivity contribution in [1.29, 1.82) is 0 Å². The molecule has 6 heteroatoms. The van der Waals surface area contributed by atoms with Gasteiger partial charge in [-0.15, -0.1) is 0 Å². The molecule has 1 N–H and O–H groups in total. The minimum Gasteiger partial charge on any atom is -0.379 e. The van der Waals surface area contributed by atoms with Crippen LogP contribution in [-0.2, 0) is 11.8 Å². The highest BCUT2D eigenvalue weighted by molar-refractivity contribution is 5.86. The molecule has 1 saturated carbocycles. The lowest BCUT2D eigenvalue weighted by molar-refractivity contribution is 0.00791. The van der Waals surface area contributed by atoms with Gasteiger partial charge < -0.3 is 14.6 Å². The van der Waals surface area contributed by atoms with E-state index in [1.807, 2.05) is 19.3 Å². The Bertz CT molecular complexity index is 656. The number of nitrogens with zero attached hydrogens (tertiary/aromatic N) is 4. The summed E-state index contributed by atoms with van der Waals surface area (Å²) in [6.07, 6.45) is 8.64. The van der Waals surface area contributed by atoms with Crippen molar-refractivity contribution in [3.05, 3.63) is 18.6 Å². The first-order chi connectivity index (χ1) is 11.3. The molecule has 0 spiro atoms. The zero-order valence-electron chi connectivity index (χ0n) is 13.7. The predicted octanol–water partition coefficient (Wildman–Crippen LogP) is 2.02. The van der Waals surface area contributed by atoms with E-state index in [9.17, 15) is 0 Å². The van der Waals surface area contributed by atoms with Gasteiger partial charge in [0.05, 0.1) is 18.7 Å². The summed E-state index contributed by atoms with van der Waals surface area (Å²) in [4.78, 5) is 11.4. The molecule has 0 radical (unpaired) electrons. The summed E-state index contributed by atoms with van der Waals surface area (Å²) < 4.78 is 7.56. The van der Waals surface area contributed by atoms with Crippen LogP contribution >= 0.6 is 0 Å². The summed E-state index contributed by atoms with van der Waals surface area (Å²) in [7, 11) is 2.05. The fourth-order valence-electron chi connectivity index (χ4n) is 3.95. The maximum Gasteiger partial charge on any atom is 0.154 e. The van der Waals surface area contributed by atoms with Gasteiger partial charge in [-0.25, -0.2) is 9.97 Å². The van der Waals surface area contributed by atoms with Crippen molar-refractivity contribution in [3.63, 3.8) is 0 Å². The zero-order chi connectivity index (χ0) is 15.6. The second-order valence-electron chi connectivity index (χ2n) is 6.68. The van der Waals surface area contributed by atoms with Crippen molar-refractivity contribution >= 4 is 16.9 Å². The van der Waals surface area contributed by atoms with Gasteiger partial charge >= 0.3 is 0 Å². The number of anilines is 1. The van der Waals surface area contributed by atoms with Gasteiger partial charge in [0.1, 0.15) is 11.8 Å². The summed E-state index contributed by atoms with van der Waals surface area (Å²) >= 11 is 0. The lowest BCUT2D eigenvalue weighted by Crippen LogP contribution is -2.46. The number of ether oxygens (including phenoxy) is 1. The molecule has 0 unspecified atom stereocenters. The molecule has 3 heterocycles. The van der Waals surface area contributed by atoms with E-state index in [0.717, 1.165) is 49.2 Å². The molecule has 2 aromatic rings. The summed E-state index contributed by atoms with van der Waals surface area (Å²) in [5, 5.41) is 3.66. The molecule has 0 amide bonds. The molecule has 124 valence electrons. The topological polar surface area (TPSA) is 55.2 Å². The van der Waals surface area contributed by atoms with E-state index in [1.165, 1.54) is 25.7 Å². The average molecular weight is 315 g/mol. The monoisotopic (exact) mass is 315 g/mol. The van der Waals surface area contributed by atoms with Gasteiger partial charge in [-0.3, -0.25) is 4.90 Å². The Morgan fingerprint density at radius 1 is 1.13 bits per heavy atom. The van der Waals surface area contributed by atoms with Crippen LogP contribution in [0.5, 0.6) is 0 Å². The van der Waals surface area contributed by atoms with Crippen molar-refractivity contribution in [2.24, 2.45) is 7.05 Å². The zero-order valence-corrected chi connectivity index (χ0v) is 13.7. The van der Waals surface area contributed by atoms with Gasteiger partial charge in [-0.2, -0.15) is 0 Å². The van der Waals surface area contributed by atoms with Gasteiger partial charge in [-0.1, -0.05) is 0 Å². The van der Waals surface area contributed by atoms with Crippen molar-refractivity contribution in [3.8, 4) is 0 Å². The Kier molecular flexibility index (Phi) is 4.18. The number of hydrogen-bond acceptors (Lipinski definition) is 5. The second-order valence-corrected chi connectivity index (χ2v) is 6.68. The summed E-state index contributed by atoms with van der Waals surface area (Å²) in [6.45, 7) is 3.98. The Hall–Kier alpha value is -1.66. The SMILES string of the molecule is Cn1ccc2ncnc(NC3CCC(N4CCOCC4)CC3)c21. The van der Waals surface area contributed by atoms with Crippen molar-refractivity contribution in [2.75, 3.05) is 31.6 Å². The van der Waals surface area contributed by atoms with E-state index < -0.39 is 0 Å². The number of aromatic nitrogens is 3. The molecule has 0 aromatic carbocycles. The summed E-state index contributed by atoms with van der Waals surface area (Å²) in [6, 6.07) is 3.29. The van der Waals surface area contributed by atoms with E-state index in [1.54, 1.807) is 6.33 Å². The quantitative estimate of drug-likeness (QED) is 0.939. The predicted molar refractivity (Wildman–Crippen MR) is 90.6 cm³/mol. The highest BCUT2D eigenvalue weighted by Gasteiger charge is 2.27.